The maximum absolute atomic E-state index is 14.2. The molecule has 3 saturated carbocycles. The highest BCUT2D eigenvalue weighted by atomic mass is 19.4. The number of methoxy groups -OCH3 is 1. The number of halogens is 3. The van der Waals surface area contributed by atoms with Crippen LogP contribution >= 0.6 is 0 Å². The Morgan fingerprint density at radius 3 is 2.42 bits per heavy atom. The minimum absolute atomic E-state index is 0.00898. The van der Waals surface area contributed by atoms with Crippen LogP contribution < -0.4 is 4.74 Å². The van der Waals surface area contributed by atoms with Gasteiger partial charge in [-0.2, -0.15) is 13.2 Å². The third-order valence-corrected chi connectivity index (χ3v) is 12.4. The van der Waals surface area contributed by atoms with Crippen LogP contribution in [-0.4, -0.2) is 54.4 Å². The van der Waals surface area contributed by atoms with E-state index in [2.05, 4.69) is 20.8 Å². The molecule has 1 aromatic carbocycles. The van der Waals surface area contributed by atoms with E-state index in [1.54, 1.807) is 0 Å². The summed E-state index contributed by atoms with van der Waals surface area (Å²) in [6, 6.07) is 4.07. The van der Waals surface area contributed by atoms with Crippen molar-refractivity contribution in [2.75, 3.05) is 20.7 Å². The van der Waals surface area contributed by atoms with Gasteiger partial charge in [-0.15, -0.1) is 0 Å². The van der Waals surface area contributed by atoms with E-state index in [0.717, 1.165) is 83.1 Å². The number of unbranched alkanes of at least 4 members (excludes halogenated alkanes) is 4. The lowest BCUT2D eigenvalue weighted by molar-refractivity contribution is -0.158. The highest BCUT2D eigenvalue weighted by molar-refractivity contribution is 5.95. The molecule has 3 aliphatic carbocycles. The first-order valence-electron chi connectivity index (χ1n) is 16.7. The number of likely N-dealkylation sites (tertiary alicyclic amines) is 1. The average Bonchev–Trinajstić information content (AvgIpc) is 3.33. The second-order valence-electron chi connectivity index (χ2n) is 14.4. The van der Waals surface area contributed by atoms with Crippen molar-refractivity contribution in [3.8, 4) is 5.75 Å². The summed E-state index contributed by atoms with van der Waals surface area (Å²) in [6.07, 6.45) is 8.40. The van der Waals surface area contributed by atoms with E-state index < -0.39 is 11.7 Å². The van der Waals surface area contributed by atoms with E-state index in [-0.39, 0.29) is 40.0 Å². The Labute approximate surface area is 255 Å². The number of nitrogens with zero attached hydrogens (tertiary/aromatic N) is 2. The standard InChI is InChI=1S/C35H51F3N2O3/c1-6-7-8-9-10-21-40(32(42)23-11-14-28(43-5)27(22-23)35(36,37)38)30-16-13-25-24-12-15-29-33(2,20-18-31(41)39(29)4)26(24)17-19-34(25,30)3/h11,14,22,24-26,29-30H,6-10,12-13,15-21H2,1-5H3/t24-,25-,26-,29+,30-,33+,34-/m0/s1. The molecule has 1 saturated heterocycles. The largest absolute Gasteiger partial charge is 0.496 e. The van der Waals surface area contributed by atoms with Crippen LogP contribution in [0.2, 0.25) is 0 Å². The molecule has 0 N–H and O–H groups in total. The van der Waals surface area contributed by atoms with Crippen molar-refractivity contribution >= 4 is 11.8 Å². The number of amides is 2. The first-order chi connectivity index (χ1) is 20.4. The van der Waals surface area contributed by atoms with Gasteiger partial charge in [-0.05, 0) is 98.1 Å². The molecule has 0 radical (unpaired) electrons. The van der Waals surface area contributed by atoms with Crippen molar-refractivity contribution in [2.45, 2.75) is 123 Å². The van der Waals surface area contributed by atoms with Crippen LogP contribution in [0.3, 0.4) is 0 Å². The van der Waals surface area contributed by atoms with E-state index in [4.69, 9.17) is 4.74 Å². The molecule has 43 heavy (non-hydrogen) atoms. The van der Waals surface area contributed by atoms with Gasteiger partial charge in [0.2, 0.25) is 5.91 Å². The molecule has 240 valence electrons. The topological polar surface area (TPSA) is 49.9 Å². The fourth-order valence-electron chi connectivity index (χ4n) is 10.1. The normalized spacial score (nSPS) is 33.9. The fourth-order valence-corrected chi connectivity index (χ4v) is 10.1. The molecule has 0 aromatic heterocycles. The molecule has 5 rings (SSSR count). The molecule has 4 aliphatic rings. The molecule has 8 heteroatoms. The summed E-state index contributed by atoms with van der Waals surface area (Å²) in [5, 5.41) is 0. The van der Waals surface area contributed by atoms with Crippen molar-refractivity contribution in [3.05, 3.63) is 29.3 Å². The van der Waals surface area contributed by atoms with Gasteiger partial charge in [-0.1, -0.05) is 46.5 Å². The van der Waals surface area contributed by atoms with Crippen molar-refractivity contribution in [2.24, 2.45) is 28.6 Å². The van der Waals surface area contributed by atoms with Crippen molar-refractivity contribution in [1.29, 1.82) is 0 Å². The Balaban J connectivity index is 1.42. The lowest BCUT2D eigenvalue weighted by atomic mass is 9.47. The zero-order valence-electron chi connectivity index (χ0n) is 26.8. The molecule has 2 amide bonds. The van der Waals surface area contributed by atoms with Crippen LogP contribution in [-0.2, 0) is 11.0 Å². The molecular weight excluding hydrogens is 553 g/mol. The number of rotatable bonds is 9. The number of piperidine rings is 1. The predicted molar refractivity (Wildman–Crippen MR) is 162 cm³/mol. The first kappa shape index (κ1) is 32.2. The second kappa shape index (κ2) is 12.3. The van der Waals surface area contributed by atoms with Gasteiger partial charge in [-0.25, -0.2) is 0 Å². The van der Waals surface area contributed by atoms with Gasteiger partial charge in [0.15, 0.2) is 0 Å². The first-order valence-corrected chi connectivity index (χ1v) is 16.7. The maximum Gasteiger partial charge on any atom is 0.419 e. The number of alkyl halides is 3. The van der Waals surface area contributed by atoms with Crippen LogP contribution in [0.4, 0.5) is 13.2 Å². The highest BCUT2D eigenvalue weighted by Gasteiger charge is 2.62. The molecule has 0 unspecified atom stereocenters. The number of carbonyl (C=O) groups excluding carboxylic acids is 2. The van der Waals surface area contributed by atoms with Gasteiger partial charge in [0.25, 0.3) is 5.91 Å². The molecule has 5 nitrogen and oxygen atoms in total. The van der Waals surface area contributed by atoms with Gasteiger partial charge < -0.3 is 14.5 Å². The minimum Gasteiger partial charge on any atom is -0.496 e. The van der Waals surface area contributed by atoms with Crippen LogP contribution in [0.25, 0.3) is 0 Å². The summed E-state index contributed by atoms with van der Waals surface area (Å²) in [7, 11) is 3.21. The van der Waals surface area contributed by atoms with E-state index in [1.807, 2.05) is 16.8 Å². The van der Waals surface area contributed by atoms with E-state index >= 15 is 0 Å². The summed E-state index contributed by atoms with van der Waals surface area (Å²) in [6.45, 7) is 7.53. The summed E-state index contributed by atoms with van der Waals surface area (Å²) in [5.41, 5.74) is -0.762. The Morgan fingerprint density at radius 2 is 1.72 bits per heavy atom. The molecular formula is C35H51F3N2O3. The summed E-state index contributed by atoms with van der Waals surface area (Å²) < 4.78 is 46.7. The van der Waals surface area contributed by atoms with E-state index in [0.29, 0.717) is 36.8 Å². The number of fused-ring (bicyclic) bond motifs is 5. The van der Waals surface area contributed by atoms with Crippen LogP contribution in [0, 0.1) is 28.6 Å². The minimum atomic E-state index is -4.61. The van der Waals surface area contributed by atoms with Gasteiger partial charge >= 0.3 is 6.18 Å². The lowest BCUT2D eigenvalue weighted by Gasteiger charge is -2.62. The average molecular weight is 605 g/mol. The molecule has 0 bridgehead atoms. The lowest BCUT2D eigenvalue weighted by Crippen LogP contribution is -2.62. The Hall–Kier alpha value is -2.25. The van der Waals surface area contributed by atoms with Crippen LogP contribution in [0.1, 0.15) is 120 Å². The van der Waals surface area contributed by atoms with Crippen LogP contribution in [0.5, 0.6) is 5.75 Å². The van der Waals surface area contributed by atoms with Gasteiger partial charge in [-0.3, -0.25) is 9.59 Å². The number of hydrogen-bond donors (Lipinski definition) is 0. The molecule has 1 aliphatic heterocycles. The Bertz CT molecular complexity index is 1190. The Kier molecular flexibility index (Phi) is 9.17. The van der Waals surface area contributed by atoms with Gasteiger partial charge in [0, 0.05) is 37.7 Å². The Morgan fingerprint density at radius 1 is 1.00 bits per heavy atom. The van der Waals surface area contributed by atoms with E-state index in [1.165, 1.54) is 19.2 Å². The SMILES string of the molecule is CCCCCCCN(C(=O)c1ccc(OC)c(C(F)(F)F)c1)[C@H]1CC[C@H]2[C@@H]3CC[C@H]4N(C)C(=O)CC[C@]4(C)[C@H]3CC[C@]12C. The third kappa shape index (κ3) is 5.69. The summed E-state index contributed by atoms with van der Waals surface area (Å²) >= 11 is 0. The zero-order valence-corrected chi connectivity index (χ0v) is 26.8. The number of benzene rings is 1. The smallest absolute Gasteiger partial charge is 0.419 e. The predicted octanol–water partition coefficient (Wildman–Crippen LogP) is 8.36. The van der Waals surface area contributed by atoms with Crippen LogP contribution in [0.15, 0.2) is 18.2 Å². The zero-order chi connectivity index (χ0) is 31.2. The van der Waals surface area contributed by atoms with Crippen molar-refractivity contribution in [1.82, 2.24) is 9.80 Å². The number of hydrogen-bond acceptors (Lipinski definition) is 3. The quantitative estimate of drug-likeness (QED) is 0.266. The molecule has 0 spiro atoms. The monoisotopic (exact) mass is 604 g/mol. The van der Waals surface area contributed by atoms with E-state index in [9.17, 15) is 22.8 Å². The number of carbonyl (C=O) groups is 2. The fraction of sp³-hybridized carbons (Fsp3) is 0.771. The van der Waals surface area contributed by atoms with Gasteiger partial charge in [0.1, 0.15) is 5.75 Å². The summed E-state index contributed by atoms with van der Waals surface area (Å²) in [4.78, 5) is 30.8. The van der Waals surface area contributed by atoms with Crippen molar-refractivity contribution in [3.63, 3.8) is 0 Å². The van der Waals surface area contributed by atoms with Crippen molar-refractivity contribution < 1.29 is 27.5 Å². The molecule has 7 atom stereocenters. The third-order valence-electron chi connectivity index (χ3n) is 12.4. The number of ether oxygens (including phenoxy) is 1. The molecule has 1 aromatic rings. The highest BCUT2D eigenvalue weighted by Crippen LogP contribution is 2.65. The summed E-state index contributed by atoms with van der Waals surface area (Å²) in [5.74, 6) is 1.32. The van der Waals surface area contributed by atoms with Gasteiger partial charge in [0.05, 0.1) is 12.7 Å². The second-order valence-corrected chi connectivity index (χ2v) is 14.4. The molecule has 4 fully saturated rings. The maximum atomic E-state index is 14.2. The molecule has 1 heterocycles.